The zero-order valence-corrected chi connectivity index (χ0v) is 13.7. The van der Waals surface area contributed by atoms with Crippen molar-refractivity contribution in [3.8, 4) is 0 Å². The molecule has 0 saturated heterocycles. The third-order valence-corrected chi connectivity index (χ3v) is 2.99. The van der Waals surface area contributed by atoms with E-state index in [1.54, 1.807) is 0 Å². The average Bonchev–Trinajstić information content (AvgIpc) is 2.25. The summed E-state index contributed by atoms with van der Waals surface area (Å²) in [5.41, 5.74) is 0. The molecule has 0 unspecified atom stereocenters. The van der Waals surface area contributed by atoms with Gasteiger partial charge in [-0.1, -0.05) is 26.2 Å². The van der Waals surface area contributed by atoms with Gasteiger partial charge >= 0.3 is 11.9 Å². The highest BCUT2D eigenvalue weighted by atomic mass is 16.5. The molecule has 6 heteroatoms. The third-order valence-electron chi connectivity index (χ3n) is 2.99. The molecule has 0 aromatic carbocycles. The van der Waals surface area contributed by atoms with Crippen molar-refractivity contribution in [3.05, 3.63) is 0 Å². The summed E-state index contributed by atoms with van der Waals surface area (Å²) < 4.78 is 5.72. The van der Waals surface area contributed by atoms with E-state index in [4.69, 9.17) is 9.84 Å². The van der Waals surface area contributed by atoms with Crippen molar-refractivity contribution in [2.75, 3.05) is 27.7 Å². The molecule has 0 aliphatic heterocycles. The molecule has 0 aromatic rings. The molecule has 0 heterocycles. The van der Waals surface area contributed by atoms with Crippen molar-refractivity contribution in [1.29, 1.82) is 0 Å². The predicted octanol–water partition coefficient (Wildman–Crippen LogP) is 1.41. The number of hydrogen-bond donors (Lipinski definition) is 2. The number of aliphatic carboxylic acids is 1. The smallest absolute Gasteiger partial charge is 0.308 e. The summed E-state index contributed by atoms with van der Waals surface area (Å²) in [7, 11) is 5.72. The van der Waals surface area contributed by atoms with E-state index >= 15 is 0 Å². The van der Waals surface area contributed by atoms with Crippen LogP contribution in [0.15, 0.2) is 0 Å². The van der Waals surface area contributed by atoms with E-state index < -0.39 is 24.1 Å². The minimum absolute atomic E-state index is 0.0724. The van der Waals surface area contributed by atoms with Gasteiger partial charge in [0.05, 0.1) is 40.1 Å². The largest absolute Gasteiger partial charge is 0.481 e. The summed E-state index contributed by atoms with van der Waals surface area (Å²) in [6.07, 6.45) is 1.86. The monoisotopic (exact) mass is 304 g/mol. The van der Waals surface area contributed by atoms with Crippen LogP contribution in [0.25, 0.3) is 0 Å². The molecular weight excluding hydrogens is 274 g/mol. The molecule has 0 amide bonds. The lowest BCUT2D eigenvalue weighted by Crippen LogP contribution is -2.44. The van der Waals surface area contributed by atoms with Gasteiger partial charge < -0.3 is 19.4 Å². The number of nitrogens with zero attached hydrogens (tertiary/aromatic N) is 1. The quantitative estimate of drug-likeness (QED) is 0.342. The highest BCUT2D eigenvalue weighted by Gasteiger charge is 2.25. The number of quaternary nitrogens is 1. The Balaban J connectivity index is 4.29. The Bertz CT molecular complexity index is 325. The van der Waals surface area contributed by atoms with Crippen LogP contribution in [0.2, 0.25) is 0 Å². The third kappa shape index (κ3) is 12.3. The van der Waals surface area contributed by atoms with Crippen molar-refractivity contribution in [1.82, 2.24) is 0 Å². The van der Waals surface area contributed by atoms with Crippen LogP contribution < -0.4 is 0 Å². The number of likely N-dealkylation sites (N-methyl/N-ethyl adjacent to an activating group) is 1. The molecule has 124 valence electrons. The Labute approximate surface area is 127 Å². The van der Waals surface area contributed by atoms with E-state index in [1.165, 1.54) is 0 Å². The number of rotatable bonds is 11. The number of carbonyl (C=O) groups excluding carboxylic acids is 1. The van der Waals surface area contributed by atoms with Crippen LogP contribution in [-0.2, 0) is 14.3 Å². The summed E-state index contributed by atoms with van der Waals surface area (Å²) in [6, 6.07) is 0. The zero-order valence-electron chi connectivity index (χ0n) is 13.7. The molecule has 0 radical (unpaired) electrons. The van der Waals surface area contributed by atoms with Crippen molar-refractivity contribution in [3.63, 3.8) is 0 Å². The van der Waals surface area contributed by atoms with Crippen molar-refractivity contribution < 1.29 is 29.0 Å². The second-order valence-electron chi connectivity index (χ2n) is 6.54. The molecule has 0 aliphatic carbocycles. The maximum atomic E-state index is 11.8. The molecular formula is C15H30NO5+. The molecule has 0 spiro atoms. The fourth-order valence-corrected chi connectivity index (χ4v) is 2.11. The van der Waals surface area contributed by atoms with Crippen LogP contribution in [0.5, 0.6) is 0 Å². The molecule has 0 fully saturated rings. The summed E-state index contributed by atoms with van der Waals surface area (Å²) in [5.74, 6) is -1.52. The number of esters is 1. The van der Waals surface area contributed by atoms with Crippen LogP contribution >= 0.6 is 0 Å². The maximum Gasteiger partial charge on any atom is 0.308 e. The summed E-state index contributed by atoms with van der Waals surface area (Å²) in [6.45, 7) is 2.49. The highest BCUT2D eigenvalue weighted by molar-refractivity contribution is 5.71. The number of carbonyl (C=O) groups is 2. The van der Waals surface area contributed by atoms with Crippen LogP contribution in [0.3, 0.4) is 0 Å². The first-order valence-electron chi connectivity index (χ1n) is 7.53. The van der Waals surface area contributed by atoms with Crippen LogP contribution in [0, 0.1) is 0 Å². The van der Waals surface area contributed by atoms with Gasteiger partial charge in [-0.3, -0.25) is 9.59 Å². The first-order valence-corrected chi connectivity index (χ1v) is 7.53. The molecule has 2 atom stereocenters. The Kier molecular flexibility index (Phi) is 9.21. The lowest BCUT2D eigenvalue weighted by Gasteiger charge is -2.28. The lowest BCUT2D eigenvalue weighted by atomic mass is 10.1. The summed E-state index contributed by atoms with van der Waals surface area (Å²) >= 11 is 0. The Morgan fingerprint density at radius 2 is 1.76 bits per heavy atom. The van der Waals surface area contributed by atoms with Crippen molar-refractivity contribution >= 4 is 11.9 Å². The van der Waals surface area contributed by atoms with E-state index in [1.807, 2.05) is 21.1 Å². The average molecular weight is 304 g/mol. The second kappa shape index (κ2) is 9.73. The number of unbranched alkanes of at least 4 members (excludes halogenated alkanes) is 2. The van der Waals surface area contributed by atoms with Gasteiger partial charge in [0, 0.05) is 0 Å². The molecule has 2 N–H and O–H groups in total. The van der Waals surface area contributed by atoms with E-state index in [-0.39, 0.29) is 12.8 Å². The van der Waals surface area contributed by atoms with Gasteiger partial charge in [-0.2, -0.15) is 0 Å². The maximum absolute atomic E-state index is 11.8. The SMILES string of the molecule is CCCCC[C@H](O)CC(=O)O[C@H](CC(=O)O)C[N+](C)(C)C. The van der Waals surface area contributed by atoms with Crippen molar-refractivity contribution in [2.24, 2.45) is 0 Å². The Morgan fingerprint density at radius 1 is 1.14 bits per heavy atom. The number of aliphatic hydroxyl groups is 1. The van der Waals surface area contributed by atoms with Gasteiger partial charge in [-0.15, -0.1) is 0 Å². The van der Waals surface area contributed by atoms with Gasteiger partial charge in [0.1, 0.15) is 6.54 Å². The number of carboxylic acid groups (broad SMARTS) is 1. The number of hydrogen-bond acceptors (Lipinski definition) is 4. The zero-order chi connectivity index (χ0) is 16.5. The minimum Gasteiger partial charge on any atom is -0.481 e. The summed E-state index contributed by atoms with van der Waals surface area (Å²) in [5, 5.41) is 18.6. The molecule has 0 saturated carbocycles. The standard InChI is InChI=1S/C15H29NO5/c1-5-6-7-8-12(17)9-15(20)21-13(10-14(18)19)11-16(2,3)4/h12-13,17H,5-11H2,1-4H3/p+1/t12-,13+/m0/s1. The molecule has 6 nitrogen and oxygen atoms in total. The number of carboxylic acids is 1. The second-order valence-corrected chi connectivity index (χ2v) is 6.54. The fraction of sp³-hybridized carbons (Fsp3) is 0.867. The van der Waals surface area contributed by atoms with Gasteiger partial charge in [0.25, 0.3) is 0 Å². The topological polar surface area (TPSA) is 83.8 Å². The van der Waals surface area contributed by atoms with E-state index in [2.05, 4.69) is 6.92 Å². The van der Waals surface area contributed by atoms with Crippen LogP contribution in [0.4, 0.5) is 0 Å². The van der Waals surface area contributed by atoms with Gasteiger partial charge in [-0.05, 0) is 6.42 Å². The normalized spacial score (nSPS) is 14.5. The molecule has 0 aliphatic rings. The molecule has 0 rings (SSSR count). The van der Waals surface area contributed by atoms with E-state index in [0.29, 0.717) is 17.4 Å². The summed E-state index contributed by atoms with van der Waals surface area (Å²) in [4.78, 5) is 22.6. The fourth-order valence-electron chi connectivity index (χ4n) is 2.11. The van der Waals surface area contributed by atoms with Gasteiger partial charge in [0.2, 0.25) is 0 Å². The molecule has 0 aromatic heterocycles. The number of aliphatic hydroxyl groups excluding tert-OH is 1. The molecule has 0 bridgehead atoms. The first kappa shape index (κ1) is 19.9. The first-order chi connectivity index (χ1) is 9.64. The minimum atomic E-state index is -0.996. The highest BCUT2D eigenvalue weighted by Crippen LogP contribution is 2.10. The van der Waals surface area contributed by atoms with E-state index in [9.17, 15) is 14.7 Å². The van der Waals surface area contributed by atoms with Crippen molar-refractivity contribution in [2.45, 2.75) is 57.7 Å². The Morgan fingerprint density at radius 3 is 2.24 bits per heavy atom. The number of ether oxygens (including phenoxy) is 1. The van der Waals surface area contributed by atoms with Gasteiger partial charge in [-0.25, -0.2) is 0 Å². The van der Waals surface area contributed by atoms with Crippen LogP contribution in [0.1, 0.15) is 45.4 Å². The van der Waals surface area contributed by atoms with Crippen LogP contribution in [-0.4, -0.2) is 66.5 Å². The van der Waals surface area contributed by atoms with Gasteiger partial charge in [0.15, 0.2) is 6.10 Å². The van der Waals surface area contributed by atoms with E-state index in [0.717, 1.165) is 19.3 Å². The lowest BCUT2D eigenvalue weighted by molar-refractivity contribution is -0.873. The molecule has 21 heavy (non-hydrogen) atoms. The predicted molar refractivity (Wildman–Crippen MR) is 79.8 cm³/mol. The Hall–Kier alpha value is -1.14.